The molecule has 3 N–H and O–H groups in total. The summed E-state index contributed by atoms with van der Waals surface area (Å²) in [4.78, 5) is 11.9. The summed E-state index contributed by atoms with van der Waals surface area (Å²) >= 11 is 0. The molecule has 3 rings (SSSR count). The molecule has 0 saturated carbocycles. The molecule has 5 heteroatoms. The van der Waals surface area contributed by atoms with Crippen LogP contribution in [0.1, 0.15) is 16.7 Å². The van der Waals surface area contributed by atoms with Crippen LogP contribution in [0.2, 0.25) is 0 Å². The first-order valence-electron chi connectivity index (χ1n) is 8.26. The number of H-pyrrole nitrogens is 1. The lowest BCUT2D eigenvalue weighted by molar-refractivity contribution is 1.15. The molecular formula is C20H23N5. The van der Waals surface area contributed by atoms with Gasteiger partial charge in [-0.3, -0.25) is 4.98 Å². The number of aromatic amines is 1. The molecule has 0 aliphatic rings. The number of benzene rings is 1. The number of hydrogen-bond acceptors (Lipinski definition) is 4. The Morgan fingerprint density at radius 1 is 1.12 bits per heavy atom. The van der Waals surface area contributed by atoms with Crippen molar-refractivity contribution in [1.29, 1.82) is 0 Å². The second-order valence-corrected chi connectivity index (χ2v) is 6.21. The molecule has 0 radical (unpaired) electrons. The van der Waals surface area contributed by atoms with Crippen LogP contribution in [0.5, 0.6) is 0 Å². The zero-order chi connectivity index (χ0) is 17.8. The van der Waals surface area contributed by atoms with Gasteiger partial charge in [-0.1, -0.05) is 30.3 Å². The summed E-state index contributed by atoms with van der Waals surface area (Å²) < 4.78 is 0. The molecule has 0 bridgehead atoms. The Morgan fingerprint density at radius 2 is 1.88 bits per heavy atom. The van der Waals surface area contributed by atoms with Crippen molar-refractivity contribution in [2.24, 2.45) is 0 Å². The Bertz CT molecular complexity index is 857. The quantitative estimate of drug-likeness (QED) is 0.624. The predicted octanol–water partition coefficient (Wildman–Crippen LogP) is 4.43. The Labute approximate surface area is 148 Å². The summed E-state index contributed by atoms with van der Waals surface area (Å²) in [6, 6.07) is 10.1. The van der Waals surface area contributed by atoms with E-state index < -0.39 is 0 Å². The van der Waals surface area contributed by atoms with Crippen LogP contribution in [-0.2, 0) is 0 Å². The number of nitrogens with one attached hydrogen (secondary N) is 3. The van der Waals surface area contributed by atoms with E-state index in [1.807, 2.05) is 24.4 Å². The van der Waals surface area contributed by atoms with E-state index in [-0.39, 0.29) is 0 Å². The molecule has 2 heterocycles. The SMILES string of the molecule is C=C(CNc1c(C)cc(C)cc1C)Nc1nc(-c2ccccn2)c[nH]1. The Kier molecular flexibility index (Phi) is 4.84. The van der Waals surface area contributed by atoms with E-state index in [2.05, 4.69) is 65.1 Å². The molecule has 1 aromatic carbocycles. The number of rotatable bonds is 6. The summed E-state index contributed by atoms with van der Waals surface area (Å²) in [6.45, 7) is 11.0. The van der Waals surface area contributed by atoms with E-state index >= 15 is 0 Å². The maximum atomic E-state index is 4.50. The molecule has 0 spiro atoms. The first-order chi connectivity index (χ1) is 12.0. The van der Waals surface area contributed by atoms with Gasteiger partial charge in [-0.25, -0.2) is 4.98 Å². The third kappa shape index (κ3) is 4.07. The number of imidazole rings is 1. The van der Waals surface area contributed by atoms with Crippen LogP contribution < -0.4 is 10.6 Å². The Hall–Kier alpha value is -3.08. The number of aryl methyl sites for hydroxylation is 3. The van der Waals surface area contributed by atoms with Crippen LogP contribution >= 0.6 is 0 Å². The summed E-state index contributed by atoms with van der Waals surface area (Å²) in [5.74, 6) is 0.657. The van der Waals surface area contributed by atoms with Crippen molar-refractivity contribution in [2.75, 3.05) is 17.2 Å². The van der Waals surface area contributed by atoms with Gasteiger partial charge < -0.3 is 15.6 Å². The summed E-state index contributed by atoms with van der Waals surface area (Å²) in [5, 5.41) is 6.65. The van der Waals surface area contributed by atoms with Gasteiger partial charge in [-0.2, -0.15) is 0 Å². The van der Waals surface area contributed by atoms with Crippen LogP contribution in [0.15, 0.2) is 55.0 Å². The average molecular weight is 333 g/mol. The minimum atomic E-state index is 0.615. The Balaban J connectivity index is 1.61. The first-order valence-corrected chi connectivity index (χ1v) is 8.26. The third-order valence-electron chi connectivity index (χ3n) is 3.96. The fourth-order valence-corrected chi connectivity index (χ4v) is 2.90. The number of nitrogens with zero attached hydrogens (tertiary/aromatic N) is 2. The second kappa shape index (κ2) is 7.21. The van der Waals surface area contributed by atoms with Crippen molar-refractivity contribution in [3.63, 3.8) is 0 Å². The van der Waals surface area contributed by atoms with E-state index in [0.717, 1.165) is 22.8 Å². The molecule has 0 aliphatic heterocycles. The fourth-order valence-electron chi connectivity index (χ4n) is 2.90. The highest BCUT2D eigenvalue weighted by molar-refractivity contribution is 5.59. The van der Waals surface area contributed by atoms with Gasteiger partial charge >= 0.3 is 0 Å². The van der Waals surface area contributed by atoms with E-state index in [0.29, 0.717) is 12.5 Å². The van der Waals surface area contributed by atoms with E-state index in [1.54, 1.807) is 6.20 Å². The molecule has 0 saturated heterocycles. The molecule has 3 aromatic rings. The number of anilines is 2. The van der Waals surface area contributed by atoms with Crippen molar-refractivity contribution < 1.29 is 0 Å². The van der Waals surface area contributed by atoms with Gasteiger partial charge in [0.2, 0.25) is 5.95 Å². The zero-order valence-electron chi connectivity index (χ0n) is 14.9. The van der Waals surface area contributed by atoms with Crippen molar-refractivity contribution in [1.82, 2.24) is 15.0 Å². The molecule has 0 unspecified atom stereocenters. The topological polar surface area (TPSA) is 65.6 Å². The molecule has 128 valence electrons. The van der Waals surface area contributed by atoms with Crippen LogP contribution in [0, 0.1) is 20.8 Å². The van der Waals surface area contributed by atoms with Crippen molar-refractivity contribution in [2.45, 2.75) is 20.8 Å². The molecule has 0 aliphatic carbocycles. The van der Waals surface area contributed by atoms with Gasteiger partial charge in [0.05, 0.1) is 12.2 Å². The standard InChI is InChI=1S/C20H23N5/c1-13-9-14(2)19(15(3)10-13)22-11-16(4)24-20-23-12-18(25-20)17-7-5-6-8-21-17/h5-10,12,22H,4,11H2,1-3H3,(H2,23,24,25). The van der Waals surface area contributed by atoms with Crippen LogP contribution in [0.25, 0.3) is 11.4 Å². The number of aromatic nitrogens is 3. The van der Waals surface area contributed by atoms with Gasteiger partial charge in [0.1, 0.15) is 5.69 Å². The molecule has 0 fully saturated rings. The maximum absolute atomic E-state index is 4.50. The molecule has 2 aromatic heterocycles. The highest BCUT2D eigenvalue weighted by Crippen LogP contribution is 2.22. The normalized spacial score (nSPS) is 10.5. The van der Waals surface area contributed by atoms with Crippen molar-refractivity contribution in [3.8, 4) is 11.4 Å². The Morgan fingerprint density at radius 3 is 2.56 bits per heavy atom. The molecule has 0 amide bonds. The molecule has 25 heavy (non-hydrogen) atoms. The van der Waals surface area contributed by atoms with Crippen molar-refractivity contribution in [3.05, 3.63) is 71.7 Å². The minimum Gasteiger partial charge on any atom is -0.379 e. The second-order valence-electron chi connectivity index (χ2n) is 6.21. The largest absolute Gasteiger partial charge is 0.379 e. The molecule has 5 nitrogen and oxygen atoms in total. The first kappa shape index (κ1) is 16.8. The summed E-state index contributed by atoms with van der Waals surface area (Å²) in [5.41, 5.74) is 7.37. The van der Waals surface area contributed by atoms with E-state index in [9.17, 15) is 0 Å². The predicted molar refractivity (Wildman–Crippen MR) is 104 cm³/mol. The lowest BCUT2D eigenvalue weighted by Crippen LogP contribution is -2.13. The smallest absolute Gasteiger partial charge is 0.205 e. The fraction of sp³-hybridized carbons (Fsp3) is 0.200. The van der Waals surface area contributed by atoms with Gasteiger partial charge in [0.15, 0.2) is 0 Å². The maximum Gasteiger partial charge on any atom is 0.205 e. The average Bonchev–Trinajstić information content (AvgIpc) is 3.03. The van der Waals surface area contributed by atoms with Crippen LogP contribution in [0.4, 0.5) is 11.6 Å². The molecule has 0 atom stereocenters. The molecular weight excluding hydrogens is 310 g/mol. The summed E-state index contributed by atoms with van der Waals surface area (Å²) in [7, 11) is 0. The number of pyridine rings is 1. The van der Waals surface area contributed by atoms with Gasteiger partial charge in [-0.05, 0) is 44.0 Å². The van der Waals surface area contributed by atoms with Crippen molar-refractivity contribution >= 4 is 11.6 Å². The lowest BCUT2D eigenvalue weighted by Gasteiger charge is -2.15. The van der Waals surface area contributed by atoms with Crippen LogP contribution in [0.3, 0.4) is 0 Å². The third-order valence-corrected chi connectivity index (χ3v) is 3.96. The monoisotopic (exact) mass is 333 g/mol. The van der Waals surface area contributed by atoms with Gasteiger partial charge in [-0.15, -0.1) is 0 Å². The lowest BCUT2D eigenvalue weighted by atomic mass is 10.1. The van der Waals surface area contributed by atoms with E-state index in [4.69, 9.17) is 0 Å². The minimum absolute atomic E-state index is 0.615. The van der Waals surface area contributed by atoms with E-state index in [1.165, 1.54) is 16.7 Å². The number of hydrogen-bond donors (Lipinski definition) is 3. The highest BCUT2D eigenvalue weighted by Gasteiger charge is 2.07. The van der Waals surface area contributed by atoms with Gasteiger partial charge in [0, 0.05) is 23.8 Å². The zero-order valence-corrected chi connectivity index (χ0v) is 14.9. The summed E-state index contributed by atoms with van der Waals surface area (Å²) in [6.07, 6.45) is 3.59. The highest BCUT2D eigenvalue weighted by atomic mass is 15.1. The van der Waals surface area contributed by atoms with Crippen LogP contribution in [-0.4, -0.2) is 21.5 Å². The van der Waals surface area contributed by atoms with Gasteiger partial charge in [0.25, 0.3) is 0 Å².